The second-order valence-electron chi connectivity index (χ2n) is 3.79. The van der Waals surface area contributed by atoms with Crippen LogP contribution in [0.3, 0.4) is 0 Å². The van der Waals surface area contributed by atoms with Crippen LogP contribution in [0.2, 0.25) is 0 Å². The molecule has 84 valence electrons. The molecule has 2 aromatic heterocycles. The standard InChI is InChI=1S/C11H15N5/c1-8-4-5-11(15-14-8)12-6-10-7-13-16(3)9(10)2/h4-5,7H,6H2,1-3H3,(H,12,15). The van der Waals surface area contributed by atoms with Crippen molar-refractivity contribution in [1.82, 2.24) is 20.0 Å². The summed E-state index contributed by atoms with van der Waals surface area (Å²) in [6.45, 7) is 4.68. The van der Waals surface area contributed by atoms with Gasteiger partial charge in [-0.15, -0.1) is 5.10 Å². The van der Waals surface area contributed by atoms with E-state index in [0.717, 1.165) is 23.8 Å². The fourth-order valence-corrected chi connectivity index (χ4v) is 1.40. The monoisotopic (exact) mass is 217 g/mol. The summed E-state index contributed by atoms with van der Waals surface area (Å²) in [5.74, 6) is 0.786. The van der Waals surface area contributed by atoms with E-state index in [9.17, 15) is 0 Å². The second kappa shape index (κ2) is 4.30. The van der Waals surface area contributed by atoms with Gasteiger partial charge in [0.15, 0.2) is 0 Å². The molecule has 0 saturated carbocycles. The molecule has 2 aromatic rings. The highest BCUT2D eigenvalue weighted by Gasteiger charge is 2.03. The van der Waals surface area contributed by atoms with E-state index in [1.807, 2.05) is 43.9 Å². The Hall–Kier alpha value is -1.91. The third kappa shape index (κ3) is 2.18. The van der Waals surface area contributed by atoms with Gasteiger partial charge in [-0.25, -0.2) is 0 Å². The van der Waals surface area contributed by atoms with Gasteiger partial charge in [0.05, 0.1) is 11.9 Å². The molecule has 0 unspecified atom stereocenters. The second-order valence-corrected chi connectivity index (χ2v) is 3.79. The summed E-state index contributed by atoms with van der Waals surface area (Å²) in [5.41, 5.74) is 3.25. The minimum atomic E-state index is 0.720. The van der Waals surface area contributed by atoms with Gasteiger partial charge in [-0.1, -0.05) is 0 Å². The molecule has 5 heteroatoms. The first-order chi connectivity index (χ1) is 7.66. The molecule has 0 aromatic carbocycles. The molecule has 0 saturated heterocycles. The van der Waals surface area contributed by atoms with Crippen LogP contribution in [0.25, 0.3) is 0 Å². The van der Waals surface area contributed by atoms with E-state index in [-0.39, 0.29) is 0 Å². The van der Waals surface area contributed by atoms with Crippen LogP contribution in [0.5, 0.6) is 0 Å². The molecule has 2 heterocycles. The lowest BCUT2D eigenvalue weighted by Gasteiger charge is -2.04. The van der Waals surface area contributed by atoms with Crippen LogP contribution in [0.4, 0.5) is 5.82 Å². The first kappa shape index (κ1) is 10.6. The number of hydrogen-bond acceptors (Lipinski definition) is 4. The van der Waals surface area contributed by atoms with Crippen molar-refractivity contribution in [2.45, 2.75) is 20.4 Å². The Labute approximate surface area is 94.5 Å². The highest BCUT2D eigenvalue weighted by Crippen LogP contribution is 2.08. The summed E-state index contributed by atoms with van der Waals surface area (Å²) in [4.78, 5) is 0. The van der Waals surface area contributed by atoms with Crippen molar-refractivity contribution in [2.24, 2.45) is 7.05 Å². The lowest BCUT2D eigenvalue weighted by molar-refractivity contribution is 0.738. The first-order valence-corrected chi connectivity index (χ1v) is 5.18. The van der Waals surface area contributed by atoms with Crippen molar-refractivity contribution < 1.29 is 0 Å². The quantitative estimate of drug-likeness (QED) is 0.845. The topological polar surface area (TPSA) is 55.6 Å². The van der Waals surface area contributed by atoms with Gasteiger partial charge in [-0.3, -0.25) is 4.68 Å². The van der Waals surface area contributed by atoms with E-state index < -0.39 is 0 Å². The molecule has 0 atom stereocenters. The number of aryl methyl sites for hydroxylation is 2. The van der Waals surface area contributed by atoms with Crippen molar-refractivity contribution >= 4 is 5.82 Å². The molecule has 0 fully saturated rings. The van der Waals surface area contributed by atoms with E-state index in [1.165, 1.54) is 5.56 Å². The predicted octanol–water partition coefficient (Wildman–Crippen LogP) is 1.44. The van der Waals surface area contributed by atoms with Gasteiger partial charge in [0.25, 0.3) is 0 Å². The molecule has 0 radical (unpaired) electrons. The highest BCUT2D eigenvalue weighted by molar-refractivity contribution is 5.34. The van der Waals surface area contributed by atoms with E-state index in [4.69, 9.17) is 0 Å². The summed E-state index contributed by atoms with van der Waals surface area (Å²) in [6.07, 6.45) is 1.87. The van der Waals surface area contributed by atoms with Crippen LogP contribution < -0.4 is 5.32 Å². The van der Waals surface area contributed by atoms with Crippen LogP contribution >= 0.6 is 0 Å². The zero-order valence-electron chi connectivity index (χ0n) is 9.73. The molecule has 0 amide bonds. The molecular formula is C11H15N5. The maximum absolute atomic E-state index is 4.18. The molecule has 0 aliphatic heterocycles. The molecule has 16 heavy (non-hydrogen) atoms. The fraction of sp³-hybridized carbons (Fsp3) is 0.364. The Bertz CT molecular complexity index is 472. The SMILES string of the molecule is Cc1ccc(NCc2cnn(C)c2C)nn1. The Morgan fingerprint density at radius 2 is 2.06 bits per heavy atom. The van der Waals surface area contributed by atoms with Gasteiger partial charge in [0.2, 0.25) is 0 Å². The summed E-state index contributed by atoms with van der Waals surface area (Å²) in [5, 5.41) is 15.4. The Balaban J connectivity index is 2.02. The molecule has 0 spiro atoms. The lowest BCUT2D eigenvalue weighted by atomic mass is 10.2. The number of nitrogens with one attached hydrogen (secondary N) is 1. The largest absolute Gasteiger partial charge is 0.364 e. The number of aromatic nitrogens is 4. The molecule has 0 aliphatic rings. The fourth-order valence-electron chi connectivity index (χ4n) is 1.40. The predicted molar refractivity (Wildman–Crippen MR) is 62.0 cm³/mol. The smallest absolute Gasteiger partial charge is 0.148 e. The van der Waals surface area contributed by atoms with Crippen LogP contribution in [-0.2, 0) is 13.6 Å². The molecule has 0 aliphatic carbocycles. The van der Waals surface area contributed by atoms with Gasteiger partial charge in [0, 0.05) is 24.8 Å². The summed E-state index contributed by atoms with van der Waals surface area (Å²) >= 11 is 0. The van der Waals surface area contributed by atoms with Gasteiger partial charge >= 0.3 is 0 Å². The Morgan fingerprint density at radius 3 is 2.62 bits per heavy atom. The number of hydrogen-bond donors (Lipinski definition) is 1. The average Bonchev–Trinajstić information content (AvgIpc) is 2.60. The summed E-state index contributed by atoms with van der Waals surface area (Å²) < 4.78 is 1.86. The normalized spacial score (nSPS) is 10.4. The Kier molecular flexibility index (Phi) is 2.85. The summed E-state index contributed by atoms with van der Waals surface area (Å²) in [6, 6.07) is 3.86. The molecule has 1 N–H and O–H groups in total. The molecule has 0 bridgehead atoms. The maximum atomic E-state index is 4.18. The van der Waals surface area contributed by atoms with Crippen LogP contribution in [0, 0.1) is 13.8 Å². The number of anilines is 1. The highest BCUT2D eigenvalue weighted by atomic mass is 15.3. The van der Waals surface area contributed by atoms with E-state index in [0.29, 0.717) is 0 Å². The third-order valence-corrected chi connectivity index (χ3v) is 2.59. The Morgan fingerprint density at radius 1 is 1.25 bits per heavy atom. The van der Waals surface area contributed by atoms with E-state index >= 15 is 0 Å². The number of rotatable bonds is 3. The first-order valence-electron chi connectivity index (χ1n) is 5.18. The van der Waals surface area contributed by atoms with Gasteiger partial charge in [0.1, 0.15) is 5.82 Å². The van der Waals surface area contributed by atoms with Crippen LogP contribution in [0.15, 0.2) is 18.3 Å². The van der Waals surface area contributed by atoms with Crippen molar-refractivity contribution in [3.05, 3.63) is 35.3 Å². The third-order valence-electron chi connectivity index (χ3n) is 2.59. The van der Waals surface area contributed by atoms with Gasteiger partial charge in [-0.05, 0) is 26.0 Å². The molecule has 5 nitrogen and oxygen atoms in total. The lowest BCUT2D eigenvalue weighted by Crippen LogP contribution is -2.03. The van der Waals surface area contributed by atoms with Crippen molar-refractivity contribution in [3.8, 4) is 0 Å². The van der Waals surface area contributed by atoms with E-state index in [1.54, 1.807) is 0 Å². The summed E-state index contributed by atoms with van der Waals surface area (Å²) in [7, 11) is 1.94. The van der Waals surface area contributed by atoms with Crippen molar-refractivity contribution in [2.75, 3.05) is 5.32 Å². The minimum absolute atomic E-state index is 0.720. The van der Waals surface area contributed by atoms with Crippen LogP contribution in [-0.4, -0.2) is 20.0 Å². The molecule has 2 rings (SSSR count). The van der Waals surface area contributed by atoms with Gasteiger partial charge in [-0.2, -0.15) is 10.2 Å². The van der Waals surface area contributed by atoms with Crippen molar-refractivity contribution in [3.63, 3.8) is 0 Å². The zero-order valence-corrected chi connectivity index (χ0v) is 9.73. The van der Waals surface area contributed by atoms with Gasteiger partial charge < -0.3 is 5.32 Å². The number of nitrogens with zero attached hydrogens (tertiary/aromatic N) is 4. The van der Waals surface area contributed by atoms with Crippen LogP contribution in [0.1, 0.15) is 17.0 Å². The molecular weight excluding hydrogens is 202 g/mol. The van der Waals surface area contributed by atoms with E-state index in [2.05, 4.69) is 20.6 Å². The van der Waals surface area contributed by atoms with Crippen molar-refractivity contribution in [1.29, 1.82) is 0 Å². The maximum Gasteiger partial charge on any atom is 0.148 e. The average molecular weight is 217 g/mol. The zero-order chi connectivity index (χ0) is 11.5. The minimum Gasteiger partial charge on any atom is -0.364 e.